The fraction of sp³-hybridized carbons (Fsp3) is 0.227. The second-order valence-corrected chi connectivity index (χ2v) is 8.64. The van der Waals surface area contributed by atoms with Crippen LogP contribution in [-0.4, -0.2) is 34.9 Å². The molecule has 0 fully saturated rings. The molecule has 3 heterocycles. The van der Waals surface area contributed by atoms with Gasteiger partial charge >= 0.3 is 6.18 Å². The monoisotopic (exact) mass is 452 g/mol. The zero-order chi connectivity index (χ0) is 23.4. The van der Waals surface area contributed by atoms with Gasteiger partial charge in [0.1, 0.15) is 0 Å². The Morgan fingerprint density at radius 3 is 2.39 bits per heavy atom. The number of H-pyrrole nitrogens is 1. The maximum Gasteiger partial charge on any atom is 0.449 e. The standard InChI is InChI=1S/C22H19F3N8/c1-21(2,3)12-4-7-14(8-5-12)33-18-17(31-32-33)11-26-20(30-18)27-13-6-9-15-16(10-13)29-19(28-15)22(23,24)25/h4-11H,1-3H3,(H,28,29)(H,26,27,30). The lowest BCUT2D eigenvalue weighted by Crippen LogP contribution is -2.11. The molecule has 0 aliphatic rings. The molecule has 168 valence electrons. The Morgan fingerprint density at radius 1 is 0.939 bits per heavy atom. The van der Waals surface area contributed by atoms with Crippen LogP contribution in [0.5, 0.6) is 0 Å². The maximum atomic E-state index is 12.9. The Labute approximate surface area is 185 Å². The van der Waals surface area contributed by atoms with Crippen LogP contribution in [0.4, 0.5) is 24.8 Å². The number of rotatable bonds is 3. The van der Waals surface area contributed by atoms with E-state index in [0.29, 0.717) is 16.9 Å². The summed E-state index contributed by atoms with van der Waals surface area (Å²) in [7, 11) is 0. The van der Waals surface area contributed by atoms with Gasteiger partial charge in [-0.3, -0.25) is 0 Å². The SMILES string of the molecule is CC(C)(C)c1ccc(-n2nnc3cnc(Nc4ccc5[nH]c(C(F)(F)F)nc5c4)nc32)cc1. The Hall–Kier alpha value is -4.02. The van der Waals surface area contributed by atoms with E-state index in [1.54, 1.807) is 10.7 Å². The minimum Gasteiger partial charge on any atom is -0.334 e. The fourth-order valence-electron chi connectivity index (χ4n) is 3.41. The van der Waals surface area contributed by atoms with Gasteiger partial charge in [-0.2, -0.15) is 22.8 Å². The number of halogens is 3. The van der Waals surface area contributed by atoms with Crippen molar-refractivity contribution in [2.45, 2.75) is 32.4 Å². The lowest BCUT2D eigenvalue weighted by molar-refractivity contribution is -0.144. The molecule has 0 radical (unpaired) electrons. The minimum atomic E-state index is -4.54. The highest BCUT2D eigenvalue weighted by Crippen LogP contribution is 2.30. The number of alkyl halides is 3. The summed E-state index contributed by atoms with van der Waals surface area (Å²) < 4.78 is 40.3. The molecule has 2 aromatic carbocycles. The van der Waals surface area contributed by atoms with E-state index in [-0.39, 0.29) is 22.4 Å². The summed E-state index contributed by atoms with van der Waals surface area (Å²) in [6, 6.07) is 12.6. The van der Waals surface area contributed by atoms with E-state index in [0.717, 1.165) is 5.69 Å². The highest BCUT2D eigenvalue weighted by molar-refractivity contribution is 5.81. The Bertz CT molecular complexity index is 1460. The second-order valence-electron chi connectivity index (χ2n) is 8.64. The van der Waals surface area contributed by atoms with Gasteiger partial charge in [0.15, 0.2) is 11.2 Å². The van der Waals surface area contributed by atoms with Gasteiger partial charge in [0.05, 0.1) is 22.9 Å². The van der Waals surface area contributed by atoms with Crippen LogP contribution in [0.3, 0.4) is 0 Å². The molecular formula is C22H19F3N8. The molecule has 8 nitrogen and oxygen atoms in total. The van der Waals surface area contributed by atoms with Crippen molar-refractivity contribution >= 4 is 33.8 Å². The summed E-state index contributed by atoms with van der Waals surface area (Å²) in [5.74, 6) is -0.789. The van der Waals surface area contributed by atoms with Gasteiger partial charge in [-0.1, -0.05) is 38.1 Å². The molecular weight excluding hydrogens is 433 g/mol. The molecule has 0 saturated carbocycles. The third-order valence-electron chi connectivity index (χ3n) is 5.18. The van der Waals surface area contributed by atoms with Gasteiger partial charge < -0.3 is 10.3 Å². The molecule has 0 aliphatic heterocycles. The topological polar surface area (TPSA) is 97.2 Å². The van der Waals surface area contributed by atoms with Crippen molar-refractivity contribution < 1.29 is 13.2 Å². The highest BCUT2D eigenvalue weighted by Gasteiger charge is 2.34. The van der Waals surface area contributed by atoms with Crippen molar-refractivity contribution in [3.8, 4) is 5.69 Å². The number of aromatic amines is 1. The number of hydrogen-bond acceptors (Lipinski definition) is 6. The first-order valence-electron chi connectivity index (χ1n) is 10.1. The van der Waals surface area contributed by atoms with E-state index in [4.69, 9.17) is 0 Å². The molecule has 0 atom stereocenters. The molecule has 33 heavy (non-hydrogen) atoms. The molecule has 5 aromatic rings. The fourth-order valence-corrected chi connectivity index (χ4v) is 3.41. The third kappa shape index (κ3) is 3.97. The van der Waals surface area contributed by atoms with E-state index in [2.05, 4.69) is 56.3 Å². The van der Waals surface area contributed by atoms with Gasteiger partial charge in [-0.05, 0) is 41.3 Å². The van der Waals surface area contributed by atoms with Crippen LogP contribution in [0.15, 0.2) is 48.7 Å². The van der Waals surface area contributed by atoms with Crippen LogP contribution in [0.1, 0.15) is 32.2 Å². The van der Waals surface area contributed by atoms with Gasteiger partial charge in [0.25, 0.3) is 0 Å². The van der Waals surface area contributed by atoms with E-state index in [1.807, 2.05) is 24.3 Å². The number of fused-ring (bicyclic) bond motifs is 2. The molecule has 0 aliphatic carbocycles. The Morgan fingerprint density at radius 2 is 1.70 bits per heavy atom. The van der Waals surface area contributed by atoms with Gasteiger partial charge in [-0.25, -0.2) is 9.97 Å². The zero-order valence-corrected chi connectivity index (χ0v) is 17.9. The van der Waals surface area contributed by atoms with Crippen LogP contribution in [0.25, 0.3) is 27.9 Å². The quantitative estimate of drug-likeness (QED) is 0.393. The molecule has 3 aromatic heterocycles. The van der Waals surface area contributed by atoms with Crippen LogP contribution in [-0.2, 0) is 11.6 Å². The van der Waals surface area contributed by atoms with Crippen molar-refractivity contribution in [3.05, 3.63) is 60.0 Å². The summed E-state index contributed by atoms with van der Waals surface area (Å²) >= 11 is 0. The van der Waals surface area contributed by atoms with Gasteiger partial charge in [-0.15, -0.1) is 5.10 Å². The predicted molar refractivity (Wildman–Crippen MR) is 118 cm³/mol. The summed E-state index contributed by atoms with van der Waals surface area (Å²) in [4.78, 5) is 14.6. The first-order valence-corrected chi connectivity index (χ1v) is 10.1. The van der Waals surface area contributed by atoms with Crippen molar-refractivity contribution in [1.29, 1.82) is 0 Å². The minimum absolute atomic E-state index is 0.0263. The maximum absolute atomic E-state index is 12.9. The molecule has 5 rings (SSSR count). The number of anilines is 2. The molecule has 0 unspecified atom stereocenters. The average Bonchev–Trinajstić information content (AvgIpc) is 3.37. The van der Waals surface area contributed by atoms with Crippen LogP contribution >= 0.6 is 0 Å². The Balaban J connectivity index is 1.46. The number of nitrogens with one attached hydrogen (secondary N) is 2. The second kappa shape index (κ2) is 7.26. The zero-order valence-electron chi connectivity index (χ0n) is 17.9. The first-order chi connectivity index (χ1) is 15.6. The van der Waals surface area contributed by atoms with Crippen LogP contribution < -0.4 is 5.32 Å². The molecule has 2 N–H and O–H groups in total. The number of imidazole rings is 1. The largest absolute Gasteiger partial charge is 0.449 e. The summed E-state index contributed by atoms with van der Waals surface area (Å²) in [6.07, 6.45) is -3.01. The lowest BCUT2D eigenvalue weighted by Gasteiger charge is -2.19. The normalized spacial score (nSPS) is 12.5. The third-order valence-corrected chi connectivity index (χ3v) is 5.18. The van der Waals surface area contributed by atoms with Crippen molar-refractivity contribution in [3.63, 3.8) is 0 Å². The molecule has 0 saturated heterocycles. The van der Waals surface area contributed by atoms with Crippen LogP contribution in [0.2, 0.25) is 0 Å². The number of benzene rings is 2. The number of nitrogens with zero attached hydrogens (tertiary/aromatic N) is 6. The van der Waals surface area contributed by atoms with Crippen molar-refractivity contribution in [2.75, 3.05) is 5.32 Å². The smallest absolute Gasteiger partial charge is 0.334 e. The van der Waals surface area contributed by atoms with E-state index in [1.165, 1.54) is 23.9 Å². The van der Waals surface area contributed by atoms with E-state index < -0.39 is 12.0 Å². The molecule has 0 amide bonds. The van der Waals surface area contributed by atoms with E-state index >= 15 is 0 Å². The summed E-state index contributed by atoms with van der Waals surface area (Å²) in [6.45, 7) is 6.42. The summed E-state index contributed by atoms with van der Waals surface area (Å²) in [5.41, 5.74) is 3.98. The first kappa shape index (κ1) is 20.9. The lowest BCUT2D eigenvalue weighted by atomic mass is 9.87. The highest BCUT2D eigenvalue weighted by atomic mass is 19.4. The summed E-state index contributed by atoms with van der Waals surface area (Å²) in [5, 5.41) is 11.3. The van der Waals surface area contributed by atoms with E-state index in [9.17, 15) is 13.2 Å². The predicted octanol–water partition coefficient (Wildman–Crippen LogP) is 5.15. The van der Waals surface area contributed by atoms with Crippen molar-refractivity contribution in [1.82, 2.24) is 34.9 Å². The van der Waals surface area contributed by atoms with Crippen molar-refractivity contribution in [2.24, 2.45) is 0 Å². The Kier molecular flexibility index (Phi) is 4.59. The molecule has 11 heteroatoms. The molecule has 0 spiro atoms. The number of aromatic nitrogens is 7. The van der Waals surface area contributed by atoms with Gasteiger partial charge in [0, 0.05) is 5.69 Å². The van der Waals surface area contributed by atoms with Gasteiger partial charge in [0.2, 0.25) is 11.8 Å². The average molecular weight is 452 g/mol. The molecule has 0 bridgehead atoms. The van der Waals surface area contributed by atoms with Crippen LogP contribution in [0, 0.1) is 0 Å². The number of hydrogen-bond donors (Lipinski definition) is 2.